The van der Waals surface area contributed by atoms with Crippen molar-refractivity contribution < 1.29 is 18.0 Å². The van der Waals surface area contributed by atoms with Crippen molar-refractivity contribution in [3.63, 3.8) is 0 Å². The predicted molar refractivity (Wildman–Crippen MR) is 94.9 cm³/mol. The highest BCUT2D eigenvalue weighted by Crippen LogP contribution is 2.38. The standard InChI is InChI=1S/C20H27F3N2O/c1-24(16-11-5-6-12-17(16)25-13-7-8-14-25)19(26)18(20(21,22)23)15-9-3-2-4-10-15/h2-4,9-10,16-18H,5-8,11-14H2,1H3. The second-order valence-electron chi connectivity index (χ2n) is 7.50. The number of halogens is 3. The maximum Gasteiger partial charge on any atom is 0.404 e. The van der Waals surface area contributed by atoms with Gasteiger partial charge in [-0.25, -0.2) is 0 Å². The van der Waals surface area contributed by atoms with Crippen LogP contribution in [0.25, 0.3) is 0 Å². The molecule has 3 rings (SSSR count). The van der Waals surface area contributed by atoms with Crippen LogP contribution in [-0.2, 0) is 4.79 Å². The van der Waals surface area contributed by atoms with Crippen molar-refractivity contribution >= 4 is 5.91 Å². The van der Waals surface area contributed by atoms with Gasteiger partial charge in [-0.2, -0.15) is 13.2 Å². The summed E-state index contributed by atoms with van der Waals surface area (Å²) in [7, 11) is 1.56. The van der Waals surface area contributed by atoms with E-state index in [1.165, 1.54) is 17.0 Å². The molecule has 26 heavy (non-hydrogen) atoms. The van der Waals surface area contributed by atoms with Gasteiger partial charge >= 0.3 is 6.18 Å². The summed E-state index contributed by atoms with van der Waals surface area (Å²) in [6.07, 6.45) is 1.47. The first kappa shape index (κ1) is 19.2. The summed E-state index contributed by atoms with van der Waals surface area (Å²) >= 11 is 0. The Kier molecular flexibility index (Phi) is 5.90. The van der Waals surface area contributed by atoms with Crippen molar-refractivity contribution in [2.24, 2.45) is 0 Å². The maximum absolute atomic E-state index is 13.7. The minimum absolute atomic E-state index is 0.0189. The van der Waals surface area contributed by atoms with E-state index >= 15 is 0 Å². The van der Waals surface area contributed by atoms with Crippen LogP contribution in [0.5, 0.6) is 0 Å². The number of likely N-dealkylation sites (N-methyl/N-ethyl adjacent to an activating group) is 1. The van der Waals surface area contributed by atoms with Gasteiger partial charge in [0, 0.05) is 19.1 Å². The number of amides is 1. The molecule has 2 aliphatic rings. The number of benzene rings is 1. The van der Waals surface area contributed by atoms with Crippen LogP contribution in [0.1, 0.15) is 50.0 Å². The molecule has 3 atom stereocenters. The SMILES string of the molecule is CN(C(=O)C(c1ccccc1)C(F)(F)F)C1CCCCC1N1CCCC1. The Balaban J connectivity index is 1.83. The van der Waals surface area contributed by atoms with Crippen molar-refractivity contribution in [3.05, 3.63) is 35.9 Å². The lowest BCUT2D eigenvalue weighted by molar-refractivity contribution is -0.173. The Morgan fingerprint density at radius 3 is 2.31 bits per heavy atom. The maximum atomic E-state index is 13.7. The van der Waals surface area contributed by atoms with E-state index in [2.05, 4.69) is 4.90 Å². The van der Waals surface area contributed by atoms with Crippen LogP contribution in [0.3, 0.4) is 0 Å². The van der Waals surface area contributed by atoms with Crippen molar-refractivity contribution in [1.82, 2.24) is 9.80 Å². The molecule has 1 aromatic rings. The van der Waals surface area contributed by atoms with Gasteiger partial charge in [0.2, 0.25) is 5.91 Å². The van der Waals surface area contributed by atoms with Gasteiger partial charge in [0.15, 0.2) is 5.92 Å². The molecule has 3 unspecified atom stereocenters. The summed E-state index contributed by atoms with van der Waals surface area (Å²) in [5.41, 5.74) is 0.0189. The molecule has 1 saturated heterocycles. The summed E-state index contributed by atoms with van der Waals surface area (Å²) in [5.74, 6) is -2.92. The van der Waals surface area contributed by atoms with E-state index in [9.17, 15) is 18.0 Å². The lowest BCUT2D eigenvalue weighted by Crippen LogP contribution is -2.55. The number of carbonyl (C=O) groups is 1. The van der Waals surface area contributed by atoms with E-state index in [0.717, 1.165) is 51.6 Å². The molecule has 1 saturated carbocycles. The zero-order valence-electron chi connectivity index (χ0n) is 15.2. The smallest absolute Gasteiger partial charge is 0.340 e. The Hall–Kier alpha value is -1.56. The number of nitrogens with zero attached hydrogens (tertiary/aromatic N) is 2. The fourth-order valence-electron chi connectivity index (χ4n) is 4.53. The van der Waals surface area contributed by atoms with E-state index in [0.29, 0.717) is 0 Å². The second kappa shape index (κ2) is 7.99. The number of rotatable bonds is 4. The second-order valence-corrected chi connectivity index (χ2v) is 7.50. The molecule has 1 heterocycles. The fourth-order valence-corrected chi connectivity index (χ4v) is 4.53. The van der Waals surface area contributed by atoms with Gasteiger partial charge in [-0.1, -0.05) is 43.2 Å². The normalized spacial score (nSPS) is 25.8. The molecule has 6 heteroatoms. The molecule has 144 valence electrons. The topological polar surface area (TPSA) is 23.6 Å². The Morgan fingerprint density at radius 2 is 1.69 bits per heavy atom. The lowest BCUT2D eigenvalue weighted by atomic mass is 9.87. The summed E-state index contributed by atoms with van der Waals surface area (Å²) in [6.45, 7) is 1.98. The first-order valence-corrected chi connectivity index (χ1v) is 9.52. The fraction of sp³-hybridized carbons (Fsp3) is 0.650. The van der Waals surface area contributed by atoms with Gasteiger partial charge in [-0.15, -0.1) is 0 Å². The molecule has 3 nitrogen and oxygen atoms in total. The van der Waals surface area contributed by atoms with E-state index in [4.69, 9.17) is 0 Å². The largest absolute Gasteiger partial charge is 0.404 e. The molecule has 0 bridgehead atoms. The average Bonchev–Trinajstić information content (AvgIpc) is 3.15. The minimum atomic E-state index is -4.59. The number of hydrogen-bond donors (Lipinski definition) is 0. The Labute approximate surface area is 153 Å². The van der Waals surface area contributed by atoms with Crippen molar-refractivity contribution in [2.75, 3.05) is 20.1 Å². The van der Waals surface area contributed by atoms with Crippen molar-refractivity contribution in [3.8, 4) is 0 Å². The molecule has 2 fully saturated rings. The zero-order chi connectivity index (χ0) is 18.7. The first-order chi connectivity index (χ1) is 12.4. The highest BCUT2D eigenvalue weighted by atomic mass is 19.4. The third-order valence-corrected chi connectivity index (χ3v) is 5.86. The van der Waals surface area contributed by atoms with Crippen molar-refractivity contribution in [2.45, 2.75) is 62.7 Å². The van der Waals surface area contributed by atoms with Crippen molar-refractivity contribution in [1.29, 1.82) is 0 Å². The third kappa shape index (κ3) is 4.05. The molecule has 0 radical (unpaired) electrons. The summed E-state index contributed by atoms with van der Waals surface area (Å²) in [4.78, 5) is 16.7. The van der Waals surface area contributed by atoms with Gasteiger partial charge in [0.1, 0.15) is 0 Å². The summed E-state index contributed by atoms with van der Waals surface area (Å²) < 4.78 is 41.2. The van der Waals surface area contributed by atoms with Crippen LogP contribution in [0.15, 0.2) is 30.3 Å². The lowest BCUT2D eigenvalue weighted by Gasteiger charge is -2.43. The Bertz CT molecular complexity index is 599. The van der Waals surface area contributed by atoms with E-state index in [1.54, 1.807) is 25.2 Å². The summed E-state index contributed by atoms with van der Waals surface area (Å²) in [6, 6.07) is 7.60. The number of carbonyl (C=O) groups excluding carboxylic acids is 1. The number of likely N-dealkylation sites (tertiary alicyclic amines) is 1. The summed E-state index contributed by atoms with van der Waals surface area (Å²) in [5, 5.41) is 0. The highest BCUT2D eigenvalue weighted by Gasteiger charge is 2.49. The van der Waals surface area contributed by atoms with E-state index in [1.807, 2.05) is 0 Å². The van der Waals surface area contributed by atoms with Gasteiger partial charge in [0.05, 0.1) is 0 Å². The molecule has 1 amide bonds. The van der Waals surface area contributed by atoms with Gasteiger partial charge < -0.3 is 4.90 Å². The zero-order valence-corrected chi connectivity index (χ0v) is 15.2. The predicted octanol–water partition coefficient (Wildman–Crippen LogP) is 4.20. The number of hydrogen-bond acceptors (Lipinski definition) is 2. The van der Waals surface area contributed by atoms with E-state index in [-0.39, 0.29) is 17.6 Å². The molecular formula is C20H27F3N2O. The van der Waals surface area contributed by atoms with Gasteiger partial charge in [0.25, 0.3) is 0 Å². The van der Waals surface area contributed by atoms with Crippen LogP contribution in [0.4, 0.5) is 13.2 Å². The first-order valence-electron chi connectivity index (χ1n) is 9.52. The molecule has 1 aromatic carbocycles. The molecule has 0 aromatic heterocycles. The van der Waals surface area contributed by atoms with Gasteiger partial charge in [-0.05, 0) is 44.3 Å². The van der Waals surface area contributed by atoms with Gasteiger partial charge in [-0.3, -0.25) is 9.69 Å². The average molecular weight is 368 g/mol. The quantitative estimate of drug-likeness (QED) is 0.795. The minimum Gasteiger partial charge on any atom is -0.340 e. The molecular weight excluding hydrogens is 341 g/mol. The highest BCUT2D eigenvalue weighted by molar-refractivity contribution is 5.84. The van der Waals surface area contributed by atoms with E-state index < -0.39 is 18.0 Å². The third-order valence-electron chi connectivity index (χ3n) is 5.86. The molecule has 0 N–H and O–H groups in total. The van der Waals surface area contributed by atoms with Crippen LogP contribution in [0.2, 0.25) is 0 Å². The Morgan fingerprint density at radius 1 is 1.08 bits per heavy atom. The molecule has 1 aliphatic carbocycles. The van der Waals surface area contributed by atoms with Crippen LogP contribution >= 0.6 is 0 Å². The van der Waals surface area contributed by atoms with Crippen LogP contribution in [-0.4, -0.2) is 54.1 Å². The number of alkyl halides is 3. The molecule has 0 spiro atoms. The van der Waals surface area contributed by atoms with Crippen LogP contribution < -0.4 is 0 Å². The molecule has 1 aliphatic heterocycles. The monoisotopic (exact) mass is 368 g/mol. The van der Waals surface area contributed by atoms with Crippen LogP contribution in [0, 0.1) is 0 Å².